The van der Waals surface area contributed by atoms with E-state index in [4.69, 9.17) is 5.84 Å². The molecule has 0 aromatic carbocycles. The van der Waals surface area contributed by atoms with Crippen LogP contribution in [0.2, 0.25) is 0 Å². The lowest BCUT2D eigenvalue weighted by atomic mass is 9.84. The zero-order chi connectivity index (χ0) is 13.1. The number of nitrogens with two attached hydrogens (primary N) is 1. The van der Waals surface area contributed by atoms with Crippen LogP contribution in [0.25, 0.3) is 0 Å². The molecule has 6 heteroatoms. The minimum Gasteiger partial charge on any atom is -0.271 e. The summed E-state index contributed by atoms with van der Waals surface area (Å²) in [5, 5.41) is 0. The van der Waals surface area contributed by atoms with E-state index in [1.54, 1.807) is 18.3 Å². The third-order valence-electron chi connectivity index (χ3n) is 3.58. The lowest BCUT2D eigenvalue weighted by Gasteiger charge is -2.36. The Bertz CT molecular complexity index is 481. The van der Waals surface area contributed by atoms with E-state index in [0.717, 1.165) is 32.1 Å². The number of hydrogen-bond acceptors (Lipinski definition) is 5. The summed E-state index contributed by atoms with van der Waals surface area (Å²) in [5.41, 5.74) is 2.26. The molecular formula is C12H19N3O2S. The van der Waals surface area contributed by atoms with E-state index in [0.29, 0.717) is 0 Å². The Labute approximate surface area is 108 Å². The molecule has 0 spiro atoms. The van der Waals surface area contributed by atoms with E-state index < -0.39 is 15.4 Å². The normalized spacial score (nSPS) is 19.6. The average Bonchev–Trinajstić information content (AvgIpc) is 2.40. The molecule has 1 saturated carbocycles. The maximum atomic E-state index is 12.3. The van der Waals surface area contributed by atoms with Crippen LogP contribution >= 0.6 is 0 Å². The number of hydrogen-bond donors (Lipinski definition) is 2. The first-order valence-electron chi connectivity index (χ1n) is 6.19. The van der Waals surface area contributed by atoms with Crippen LogP contribution in [0.3, 0.4) is 0 Å². The molecule has 0 unspecified atom stereocenters. The maximum absolute atomic E-state index is 12.3. The molecule has 0 atom stereocenters. The number of pyridine rings is 1. The van der Waals surface area contributed by atoms with Gasteiger partial charge >= 0.3 is 0 Å². The molecule has 1 aliphatic carbocycles. The molecular weight excluding hydrogens is 250 g/mol. The molecule has 0 radical (unpaired) electrons. The third kappa shape index (κ3) is 2.88. The summed E-state index contributed by atoms with van der Waals surface area (Å²) in [5.74, 6) is 5.64. The second-order valence-electron chi connectivity index (χ2n) is 4.93. The summed E-state index contributed by atoms with van der Waals surface area (Å²) in [4.78, 5) is 4.13. The Kier molecular flexibility index (Phi) is 3.99. The fraction of sp³-hybridized carbons (Fsp3) is 0.583. The van der Waals surface area contributed by atoms with Crippen LogP contribution < -0.4 is 11.3 Å². The highest BCUT2D eigenvalue weighted by Gasteiger charge is 2.36. The second-order valence-corrected chi connectivity index (χ2v) is 6.92. The van der Waals surface area contributed by atoms with E-state index in [-0.39, 0.29) is 10.6 Å². The van der Waals surface area contributed by atoms with Crippen molar-refractivity contribution in [2.75, 3.05) is 5.75 Å². The quantitative estimate of drug-likeness (QED) is 0.629. The summed E-state index contributed by atoms with van der Waals surface area (Å²) < 4.78 is 24.7. The van der Waals surface area contributed by atoms with Crippen LogP contribution in [0.4, 0.5) is 0 Å². The molecule has 100 valence electrons. The molecule has 1 aromatic heterocycles. The number of aromatic nitrogens is 1. The molecule has 0 amide bonds. The van der Waals surface area contributed by atoms with Gasteiger partial charge in [0.2, 0.25) is 0 Å². The van der Waals surface area contributed by atoms with Crippen LogP contribution in [-0.4, -0.2) is 24.7 Å². The smallest absolute Gasteiger partial charge is 0.181 e. The van der Waals surface area contributed by atoms with Crippen LogP contribution in [-0.2, 0) is 9.84 Å². The molecule has 0 aliphatic heterocycles. The first kappa shape index (κ1) is 13.5. The largest absolute Gasteiger partial charge is 0.271 e. The van der Waals surface area contributed by atoms with E-state index in [1.807, 2.05) is 0 Å². The van der Waals surface area contributed by atoms with Gasteiger partial charge in [0.05, 0.1) is 10.6 Å². The summed E-state index contributed by atoms with van der Waals surface area (Å²) in [6.07, 6.45) is 7.76. The molecule has 3 N–H and O–H groups in total. The van der Waals surface area contributed by atoms with Crippen molar-refractivity contribution < 1.29 is 8.42 Å². The van der Waals surface area contributed by atoms with Gasteiger partial charge in [0.25, 0.3) is 0 Å². The van der Waals surface area contributed by atoms with Crippen molar-refractivity contribution in [1.82, 2.24) is 10.4 Å². The minimum absolute atomic E-state index is 0.0438. The first-order chi connectivity index (χ1) is 8.58. The van der Waals surface area contributed by atoms with Crippen LogP contribution in [0.1, 0.15) is 32.1 Å². The topological polar surface area (TPSA) is 85.1 Å². The molecule has 1 fully saturated rings. The molecule has 1 aliphatic rings. The van der Waals surface area contributed by atoms with Crippen LogP contribution in [0, 0.1) is 0 Å². The monoisotopic (exact) mass is 269 g/mol. The SMILES string of the molecule is NNC1(CS(=O)(=O)c2cccnc2)CCCCC1. The fourth-order valence-corrected chi connectivity index (χ4v) is 4.31. The molecule has 18 heavy (non-hydrogen) atoms. The summed E-state index contributed by atoms with van der Waals surface area (Å²) >= 11 is 0. The van der Waals surface area contributed by atoms with Crippen molar-refractivity contribution in [3.63, 3.8) is 0 Å². The third-order valence-corrected chi connectivity index (χ3v) is 5.47. The lowest BCUT2D eigenvalue weighted by Crippen LogP contribution is -2.55. The molecule has 2 rings (SSSR count). The van der Waals surface area contributed by atoms with Gasteiger partial charge in [0.15, 0.2) is 9.84 Å². The molecule has 1 aromatic rings. The number of hydrazine groups is 1. The van der Waals surface area contributed by atoms with Gasteiger partial charge in [0.1, 0.15) is 0 Å². The Balaban J connectivity index is 2.21. The Morgan fingerprint density at radius 2 is 2.06 bits per heavy atom. The minimum atomic E-state index is -3.34. The fourth-order valence-electron chi connectivity index (χ4n) is 2.54. The lowest BCUT2D eigenvalue weighted by molar-refractivity contribution is 0.260. The van der Waals surface area contributed by atoms with E-state index in [2.05, 4.69) is 10.4 Å². The first-order valence-corrected chi connectivity index (χ1v) is 7.84. The van der Waals surface area contributed by atoms with Gasteiger partial charge < -0.3 is 0 Å². The molecule has 1 heterocycles. The second kappa shape index (κ2) is 5.34. The van der Waals surface area contributed by atoms with E-state index >= 15 is 0 Å². The highest BCUT2D eigenvalue weighted by Crippen LogP contribution is 2.30. The number of rotatable bonds is 4. The predicted molar refractivity (Wildman–Crippen MR) is 69.4 cm³/mol. The van der Waals surface area contributed by atoms with Gasteiger partial charge in [-0.3, -0.25) is 16.3 Å². The predicted octanol–water partition coefficient (Wildman–Crippen LogP) is 1.02. The van der Waals surface area contributed by atoms with Crippen LogP contribution in [0.15, 0.2) is 29.4 Å². The zero-order valence-corrected chi connectivity index (χ0v) is 11.1. The molecule has 5 nitrogen and oxygen atoms in total. The summed E-state index contributed by atoms with van der Waals surface area (Å²) in [7, 11) is -3.34. The van der Waals surface area contributed by atoms with Crippen molar-refractivity contribution >= 4 is 9.84 Å². The van der Waals surface area contributed by atoms with Crippen molar-refractivity contribution in [2.24, 2.45) is 5.84 Å². The summed E-state index contributed by atoms with van der Waals surface area (Å²) in [6, 6.07) is 3.21. The summed E-state index contributed by atoms with van der Waals surface area (Å²) in [6.45, 7) is 0. The maximum Gasteiger partial charge on any atom is 0.181 e. The van der Waals surface area contributed by atoms with Crippen LogP contribution in [0.5, 0.6) is 0 Å². The zero-order valence-electron chi connectivity index (χ0n) is 10.3. The van der Waals surface area contributed by atoms with Crippen molar-refractivity contribution in [3.05, 3.63) is 24.5 Å². The Hall–Kier alpha value is -0.980. The van der Waals surface area contributed by atoms with Crippen molar-refractivity contribution in [2.45, 2.75) is 42.5 Å². The van der Waals surface area contributed by atoms with Gasteiger partial charge in [-0.1, -0.05) is 19.3 Å². The average molecular weight is 269 g/mol. The standard InChI is InChI=1S/C12H19N3O2S/c13-15-12(6-2-1-3-7-12)10-18(16,17)11-5-4-8-14-9-11/h4-5,8-9,15H,1-3,6-7,10,13H2. The Morgan fingerprint density at radius 3 is 2.61 bits per heavy atom. The Morgan fingerprint density at radius 1 is 1.33 bits per heavy atom. The van der Waals surface area contributed by atoms with E-state index in [9.17, 15) is 8.42 Å². The molecule has 0 saturated heterocycles. The van der Waals surface area contributed by atoms with Gasteiger partial charge in [0, 0.05) is 17.9 Å². The highest BCUT2D eigenvalue weighted by molar-refractivity contribution is 7.91. The van der Waals surface area contributed by atoms with Gasteiger partial charge in [-0.2, -0.15) is 0 Å². The van der Waals surface area contributed by atoms with Gasteiger partial charge in [-0.25, -0.2) is 8.42 Å². The highest BCUT2D eigenvalue weighted by atomic mass is 32.2. The van der Waals surface area contributed by atoms with E-state index in [1.165, 1.54) is 6.20 Å². The van der Waals surface area contributed by atoms with Crippen molar-refractivity contribution in [3.8, 4) is 0 Å². The number of sulfone groups is 1. The van der Waals surface area contributed by atoms with Gasteiger partial charge in [-0.15, -0.1) is 0 Å². The molecule has 0 bridgehead atoms. The van der Waals surface area contributed by atoms with Gasteiger partial charge in [-0.05, 0) is 25.0 Å². The number of nitrogens with zero attached hydrogens (tertiary/aromatic N) is 1. The number of nitrogens with one attached hydrogen (secondary N) is 1. The van der Waals surface area contributed by atoms with Crippen molar-refractivity contribution in [1.29, 1.82) is 0 Å².